The van der Waals surface area contributed by atoms with Crippen molar-refractivity contribution < 1.29 is 29.0 Å². The van der Waals surface area contributed by atoms with Crippen LogP contribution in [0.2, 0.25) is 0 Å². The van der Waals surface area contributed by atoms with Gasteiger partial charge < -0.3 is 30.1 Å². The highest BCUT2D eigenvalue weighted by molar-refractivity contribution is 6.08. The largest absolute Gasteiger partial charge is 0.492 e. The zero-order valence-corrected chi connectivity index (χ0v) is 25.6. The Balaban J connectivity index is 1.62. The molecule has 0 unspecified atom stereocenters. The molecule has 1 aromatic heterocycles. The first-order valence-electron chi connectivity index (χ1n) is 14.2. The predicted octanol–water partition coefficient (Wildman–Crippen LogP) is 7.55. The summed E-state index contributed by atoms with van der Waals surface area (Å²) < 4.78 is 11.7. The van der Waals surface area contributed by atoms with Gasteiger partial charge in [0.15, 0.2) is 5.75 Å². The Morgan fingerprint density at radius 2 is 1.50 bits per heavy atom. The lowest BCUT2D eigenvalue weighted by molar-refractivity contribution is 0.0766. The molecule has 4 N–H and O–H groups in total. The summed E-state index contributed by atoms with van der Waals surface area (Å²) >= 11 is 0. The molecule has 0 aliphatic heterocycles. The number of benzene rings is 3. The van der Waals surface area contributed by atoms with E-state index in [9.17, 15) is 19.5 Å². The van der Waals surface area contributed by atoms with E-state index in [-0.39, 0.29) is 28.5 Å². The van der Waals surface area contributed by atoms with Crippen molar-refractivity contribution in [2.75, 3.05) is 36.1 Å². The number of fused-ring (bicyclic) bond motifs is 1. The van der Waals surface area contributed by atoms with Crippen LogP contribution in [0.25, 0.3) is 10.8 Å². The molecule has 0 aliphatic rings. The van der Waals surface area contributed by atoms with Crippen LogP contribution in [0.15, 0.2) is 66.9 Å². The van der Waals surface area contributed by atoms with Gasteiger partial charge in [-0.3, -0.25) is 15.1 Å². The first-order valence-corrected chi connectivity index (χ1v) is 14.2. The highest BCUT2D eigenvalue weighted by Crippen LogP contribution is 2.39. The summed E-state index contributed by atoms with van der Waals surface area (Å²) in [6.07, 6.45) is 0.284. The quantitative estimate of drug-likeness (QED) is 0.156. The van der Waals surface area contributed by atoms with E-state index in [1.165, 1.54) is 13.3 Å². The number of carbonyl (C=O) groups excluding carboxylic acids is 2. The Kier molecular flexibility index (Phi) is 9.57. The van der Waals surface area contributed by atoms with Crippen LogP contribution in [0.1, 0.15) is 50.7 Å². The van der Waals surface area contributed by atoms with Gasteiger partial charge in [-0.05, 0) is 55.2 Å². The Morgan fingerprint density at radius 3 is 2.11 bits per heavy atom. The number of amides is 4. The van der Waals surface area contributed by atoms with E-state index in [0.717, 1.165) is 16.3 Å². The third-order valence-corrected chi connectivity index (χ3v) is 7.01. The molecule has 4 amide bonds. The number of anilines is 3. The molecule has 0 aliphatic carbocycles. The van der Waals surface area contributed by atoms with Crippen molar-refractivity contribution >= 4 is 45.9 Å². The third kappa shape index (κ3) is 7.17. The van der Waals surface area contributed by atoms with Gasteiger partial charge in [-0.2, -0.15) is 0 Å². The van der Waals surface area contributed by atoms with Gasteiger partial charge in [-0.15, -0.1) is 0 Å². The van der Waals surface area contributed by atoms with E-state index in [1.807, 2.05) is 58.9 Å². The van der Waals surface area contributed by atoms with Crippen LogP contribution in [-0.2, 0) is 5.41 Å². The summed E-state index contributed by atoms with van der Waals surface area (Å²) in [5, 5.41) is 18.8. The number of carboxylic acid groups (broad SMARTS) is 1. The molecular formula is C33H37N5O6. The summed E-state index contributed by atoms with van der Waals surface area (Å²) in [5.74, 6) is 0.991. The number of ether oxygens (including phenoxy) is 2. The minimum absolute atomic E-state index is 0.175. The van der Waals surface area contributed by atoms with Crippen LogP contribution < -0.4 is 25.4 Å². The lowest BCUT2D eigenvalue weighted by Crippen LogP contribution is -2.31. The maximum atomic E-state index is 13.3. The lowest BCUT2D eigenvalue weighted by Gasteiger charge is -2.23. The molecule has 11 nitrogen and oxygen atoms in total. The van der Waals surface area contributed by atoms with Gasteiger partial charge in [0.05, 0.1) is 24.2 Å². The molecule has 0 atom stereocenters. The molecule has 44 heavy (non-hydrogen) atoms. The Labute approximate surface area is 256 Å². The summed E-state index contributed by atoms with van der Waals surface area (Å²) in [5.41, 5.74) is 1.79. The van der Waals surface area contributed by atoms with E-state index >= 15 is 0 Å². The van der Waals surface area contributed by atoms with Gasteiger partial charge in [0.25, 0.3) is 5.91 Å². The Bertz CT molecular complexity index is 1690. The molecule has 1 heterocycles. The van der Waals surface area contributed by atoms with Gasteiger partial charge in [-0.25, -0.2) is 9.59 Å². The number of aromatic nitrogens is 1. The molecule has 0 fully saturated rings. The summed E-state index contributed by atoms with van der Waals surface area (Å²) in [7, 11) is 1.40. The van der Waals surface area contributed by atoms with E-state index in [4.69, 9.17) is 9.47 Å². The highest BCUT2D eigenvalue weighted by Gasteiger charge is 2.22. The van der Waals surface area contributed by atoms with Crippen molar-refractivity contribution in [2.24, 2.45) is 0 Å². The number of pyridine rings is 1. The molecule has 0 saturated heterocycles. The highest BCUT2D eigenvalue weighted by atomic mass is 16.5. The number of hydrogen-bond acceptors (Lipinski definition) is 6. The van der Waals surface area contributed by atoms with Gasteiger partial charge >= 0.3 is 12.1 Å². The van der Waals surface area contributed by atoms with Crippen LogP contribution >= 0.6 is 0 Å². The maximum absolute atomic E-state index is 13.3. The van der Waals surface area contributed by atoms with Crippen molar-refractivity contribution in [2.45, 2.75) is 40.0 Å². The molecule has 4 aromatic rings. The average Bonchev–Trinajstić information content (AvgIpc) is 2.98. The normalized spacial score (nSPS) is 11.0. The molecular weight excluding hydrogens is 562 g/mol. The Hall–Kier alpha value is -5.32. The van der Waals surface area contributed by atoms with Crippen molar-refractivity contribution in [1.82, 2.24) is 9.88 Å². The first-order chi connectivity index (χ1) is 20.9. The van der Waals surface area contributed by atoms with Crippen molar-refractivity contribution in [3.63, 3.8) is 0 Å². The number of methoxy groups -OCH3 is 1. The molecule has 0 radical (unpaired) electrons. The average molecular weight is 600 g/mol. The second-order valence-corrected chi connectivity index (χ2v) is 11.0. The molecule has 0 saturated carbocycles. The smallest absolute Gasteiger partial charge is 0.409 e. The van der Waals surface area contributed by atoms with E-state index in [0.29, 0.717) is 36.0 Å². The fraction of sp³-hybridized carbons (Fsp3) is 0.273. The first kappa shape index (κ1) is 31.6. The summed E-state index contributed by atoms with van der Waals surface area (Å²) in [6, 6.07) is 17.1. The topological polar surface area (TPSA) is 142 Å². The molecule has 11 heteroatoms. The zero-order valence-electron chi connectivity index (χ0n) is 25.6. The number of nitrogens with zero attached hydrogens (tertiary/aromatic N) is 2. The van der Waals surface area contributed by atoms with E-state index in [1.54, 1.807) is 41.3 Å². The van der Waals surface area contributed by atoms with Crippen LogP contribution in [0.5, 0.6) is 17.2 Å². The lowest BCUT2D eigenvalue weighted by atomic mass is 9.86. The van der Waals surface area contributed by atoms with Crippen molar-refractivity contribution in [1.29, 1.82) is 0 Å². The molecule has 3 aromatic carbocycles. The molecule has 4 rings (SSSR count). The van der Waals surface area contributed by atoms with Crippen LogP contribution in [0.3, 0.4) is 0 Å². The second kappa shape index (κ2) is 13.3. The summed E-state index contributed by atoms with van der Waals surface area (Å²) in [4.78, 5) is 43.4. The maximum Gasteiger partial charge on any atom is 0.409 e. The SMILES string of the molecule is CCN(CC)C(=O)c1cc(Oc2ccc(NC(=O)Nc3cc(C(C)(C)C)cc(NC(=O)O)c3OC)c3ccccc23)ccn1. The minimum atomic E-state index is -1.25. The van der Waals surface area contributed by atoms with Crippen LogP contribution in [0.4, 0.5) is 26.7 Å². The van der Waals surface area contributed by atoms with E-state index < -0.39 is 12.1 Å². The number of rotatable bonds is 9. The van der Waals surface area contributed by atoms with Gasteiger partial charge in [0.2, 0.25) is 0 Å². The minimum Gasteiger partial charge on any atom is -0.492 e. The fourth-order valence-electron chi connectivity index (χ4n) is 4.72. The van der Waals surface area contributed by atoms with Crippen LogP contribution in [0, 0.1) is 0 Å². The van der Waals surface area contributed by atoms with Crippen molar-refractivity contribution in [3.8, 4) is 17.2 Å². The van der Waals surface area contributed by atoms with Gasteiger partial charge in [0, 0.05) is 36.1 Å². The molecule has 230 valence electrons. The number of nitrogens with one attached hydrogen (secondary N) is 3. The fourth-order valence-corrected chi connectivity index (χ4v) is 4.72. The number of urea groups is 1. The van der Waals surface area contributed by atoms with E-state index in [2.05, 4.69) is 20.9 Å². The Morgan fingerprint density at radius 1 is 0.864 bits per heavy atom. The molecule has 0 spiro atoms. The summed E-state index contributed by atoms with van der Waals surface area (Å²) in [6.45, 7) is 10.9. The predicted molar refractivity (Wildman–Crippen MR) is 171 cm³/mol. The number of carbonyl (C=O) groups is 3. The molecule has 0 bridgehead atoms. The van der Waals surface area contributed by atoms with Gasteiger partial charge in [0.1, 0.15) is 17.2 Å². The standard InChI is InChI=1S/C33H37N5O6/c1-7-38(8-2)30(39)27-19-21(15-16-34-27)44-28-14-13-24(22-11-9-10-12-23(22)28)35-31(40)36-25-17-20(33(3,4)5)18-26(29(25)43-6)37-32(41)42/h9-19,37H,7-8H2,1-6H3,(H,41,42)(H2,35,36,40). The monoisotopic (exact) mass is 599 g/mol. The zero-order chi connectivity index (χ0) is 32.0. The van der Waals surface area contributed by atoms with Crippen molar-refractivity contribution in [3.05, 3.63) is 78.1 Å². The number of hydrogen-bond donors (Lipinski definition) is 4. The third-order valence-electron chi connectivity index (χ3n) is 7.01. The van der Waals surface area contributed by atoms with Gasteiger partial charge in [-0.1, -0.05) is 45.0 Å². The van der Waals surface area contributed by atoms with Crippen LogP contribution in [-0.4, -0.2) is 53.2 Å². The second-order valence-electron chi connectivity index (χ2n) is 11.0.